The van der Waals surface area contributed by atoms with Gasteiger partial charge >= 0.3 is 0 Å². The maximum atomic E-state index is 4.00. The van der Waals surface area contributed by atoms with E-state index in [-0.39, 0.29) is 0 Å². The molecule has 1 aliphatic rings. The maximum absolute atomic E-state index is 4.00. The van der Waals surface area contributed by atoms with Crippen molar-refractivity contribution in [2.75, 3.05) is 19.6 Å². The highest BCUT2D eigenvalue weighted by Crippen LogP contribution is 1.93. The lowest BCUT2D eigenvalue weighted by molar-refractivity contribution is 0.379. The summed E-state index contributed by atoms with van der Waals surface area (Å²) in [5.74, 6) is 0. The van der Waals surface area contributed by atoms with Crippen molar-refractivity contribution in [2.45, 2.75) is 12.6 Å². The standard InChI is InChI=1S/C8H14N4/c1-2-11-8(5-9-1)6-12-4-3-10-7-12/h3-4,7-9,11H,1-2,5-6H2/t8-/m1/s1. The van der Waals surface area contributed by atoms with Gasteiger partial charge in [-0.15, -0.1) is 0 Å². The smallest absolute Gasteiger partial charge is 0.0946 e. The van der Waals surface area contributed by atoms with E-state index in [1.165, 1.54) is 0 Å². The molecule has 0 aromatic carbocycles. The Hall–Kier alpha value is -0.870. The van der Waals surface area contributed by atoms with Gasteiger partial charge in [-0.3, -0.25) is 0 Å². The van der Waals surface area contributed by atoms with Crippen LogP contribution in [0.25, 0.3) is 0 Å². The summed E-state index contributed by atoms with van der Waals surface area (Å²) in [6.07, 6.45) is 5.67. The molecule has 1 aromatic heterocycles. The third-order valence-corrected chi connectivity index (χ3v) is 2.12. The highest BCUT2D eigenvalue weighted by molar-refractivity contribution is 4.81. The van der Waals surface area contributed by atoms with Crippen LogP contribution in [0.2, 0.25) is 0 Å². The van der Waals surface area contributed by atoms with E-state index in [1.807, 2.05) is 18.7 Å². The van der Waals surface area contributed by atoms with Crippen molar-refractivity contribution in [1.29, 1.82) is 0 Å². The first kappa shape index (κ1) is 7.76. The summed E-state index contributed by atoms with van der Waals surface area (Å²) in [5, 5.41) is 6.80. The first-order valence-electron chi connectivity index (χ1n) is 4.35. The summed E-state index contributed by atoms with van der Waals surface area (Å²) < 4.78 is 2.10. The fourth-order valence-electron chi connectivity index (χ4n) is 1.49. The lowest BCUT2D eigenvalue weighted by atomic mass is 10.2. The van der Waals surface area contributed by atoms with Crippen molar-refractivity contribution < 1.29 is 0 Å². The Kier molecular flexibility index (Phi) is 2.39. The van der Waals surface area contributed by atoms with E-state index in [1.54, 1.807) is 0 Å². The largest absolute Gasteiger partial charge is 0.336 e. The summed E-state index contributed by atoms with van der Waals surface area (Å²) >= 11 is 0. The molecule has 0 radical (unpaired) electrons. The second-order valence-electron chi connectivity index (χ2n) is 3.11. The molecular weight excluding hydrogens is 152 g/mol. The Balaban J connectivity index is 1.86. The second kappa shape index (κ2) is 3.69. The fraction of sp³-hybridized carbons (Fsp3) is 0.625. The molecule has 1 fully saturated rings. The van der Waals surface area contributed by atoms with Gasteiger partial charge in [0.15, 0.2) is 0 Å². The van der Waals surface area contributed by atoms with Crippen LogP contribution in [0.15, 0.2) is 18.7 Å². The normalized spacial score (nSPS) is 24.2. The van der Waals surface area contributed by atoms with Crippen LogP contribution in [0, 0.1) is 0 Å². The number of imidazole rings is 1. The van der Waals surface area contributed by atoms with Crippen LogP contribution in [0.1, 0.15) is 0 Å². The number of rotatable bonds is 2. The number of nitrogens with one attached hydrogen (secondary N) is 2. The van der Waals surface area contributed by atoms with Crippen LogP contribution in [0.4, 0.5) is 0 Å². The van der Waals surface area contributed by atoms with Crippen molar-refractivity contribution in [2.24, 2.45) is 0 Å². The molecule has 0 saturated carbocycles. The summed E-state index contributed by atoms with van der Waals surface area (Å²) in [7, 11) is 0. The van der Waals surface area contributed by atoms with Crippen molar-refractivity contribution in [3.63, 3.8) is 0 Å². The minimum Gasteiger partial charge on any atom is -0.336 e. The van der Waals surface area contributed by atoms with Gasteiger partial charge in [-0.05, 0) is 0 Å². The average Bonchev–Trinajstić information content (AvgIpc) is 2.59. The SMILES string of the molecule is c1cn(C[C@H]2CNCCN2)cn1. The highest BCUT2D eigenvalue weighted by atomic mass is 15.1. The minimum absolute atomic E-state index is 0.549. The molecule has 0 spiro atoms. The molecule has 1 aromatic rings. The number of nitrogens with zero attached hydrogens (tertiary/aromatic N) is 2. The van der Waals surface area contributed by atoms with Gasteiger partial charge in [0.25, 0.3) is 0 Å². The van der Waals surface area contributed by atoms with E-state index in [0.29, 0.717) is 6.04 Å². The predicted molar refractivity (Wildman–Crippen MR) is 46.9 cm³/mol. The lowest BCUT2D eigenvalue weighted by Crippen LogP contribution is -2.50. The molecule has 2 N–H and O–H groups in total. The number of piperazine rings is 1. The second-order valence-corrected chi connectivity index (χ2v) is 3.11. The summed E-state index contributed by atoms with van der Waals surface area (Å²) in [6, 6.07) is 0.549. The van der Waals surface area contributed by atoms with E-state index in [2.05, 4.69) is 20.2 Å². The Labute approximate surface area is 72.0 Å². The van der Waals surface area contributed by atoms with Gasteiger partial charge < -0.3 is 15.2 Å². The van der Waals surface area contributed by atoms with E-state index in [0.717, 1.165) is 26.2 Å². The molecule has 1 saturated heterocycles. The number of hydrogen-bond acceptors (Lipinski definition) is 3. The van der Waals surface area contributed by atoms with Crippen molar-refractivity contribution in [3.05, 3.63) is 18.7 Å². The van der Waals surface area contributed by atoms with Crippen LogP contribution in [-0.2, 0) is 6.54 Å². The molecule has 12 heavy (non-hydrogen) atoms. The van der Waals surface area contributed by atoms with E-state index in [4.69, 9.17) is 0 Å². The molecule has 2 rings (SSSR count). The number of aromatic nitrogens is 2. The van der Waals surface area contributed by atoms with E-state index < -0.39 is 0 Å². The molecule has 0 unspecified atom stereocenters. The lowest BCUT2D eigenvalue weighted by Gasteiger charge is -2.24. The Bertz CT molecular complexity index is 213. The summed E-state index contributed by atoms with van der Waals surface area (Å²) in [5.41, 5.74) is 0. The summed E-state index contributed by atoms with van der Waals surface area (Å²) in [4.78, 5) is 4.00. The van der Waals surface area contributed by atoms with Gasteiger partial charge in [-0.25, -0.2) is 4.98 Å². The molecule has 1 aliphatic heterocycles. The van der Waals surface area contributed by atoms with Crippen LogP contribution >= 0.6 is 0 Å². The minimum atomic E-state index is 0.549. The molecule has 2 heterocycles. The molecular formula is C8H14N4. The molecule has 0 aliphatic carbocycles. The Morgan fingerprint density at radius 2 is 2.50 bits per heavy atom. The third-order valence-electron chi connectivity index (χ3n) is 2.12. The molecule has 4 nitrogen and oxygen atoms in total. The van der Waals surface area contributed by atoms with Gasteiger partial charge in [0.1, 0.15) is 0 Å². The zero-order chi connectivity index (χ0) is 8.23. The van der Waals surface area contributed by atoms with Gasteiger partial charge in [0.2, 0.25) is 0 Å². The topological polar surface area (TPSA) is 41.9 Å². The van der Waals surface area contributed by atoms with Crippen molar-refractivity contribution >= 4 is 0 Å². The first-order chi connectivity index (χ1) is 5.95. The molecule has 0 amide bonds. The average molecular weight is 166 g/mol. The van der Waals surface area contributed by atoms with Gasteiger partial charge in [0, 0.05) is 44.6 Å². The summed E-state index contributed by atoms with van der Waals surface area (Å²) in [6.45, 7) is 4.21. The highest BCUT2D eigenvalue weighted by Gasteiger charge is 2.11. The Morgan fingerprint density at radius 3 is 3.17 bits per heavy atom. The van der Waals surface area contributed by atoms with E-state index >= 15 is 0 Å². The fourth-order valence-corrected chi connectivity index (χ4v) is 1.49. The van der Waals surface area contributed by atoms with Gasteiger partial charge in [-0.2, -0.15) is 0 Å². The van der Waals surface area contributed by atoms with Gasteiger partial charge in [-0.1, -0.05) is 0 Å². The third kappa shape index (κ3) is 1.84. The van der Waals surface area contributed by atoms with E-state index in [9.17, 15) is 0 Å². The maximum Gasteiger partial charge on any atom is 0.0946 e. The van der Waals surface area contributed by atoms with Crippen LogP contribution < -0.4 is 10.6 Å². The first-order valence-corrected chi connectivity index (χ1v) is 4.35. The molecule has 1 atom stereocenters. The monoisotopic (exact) mass is 166 g/mol. The van der Waals surface area contributed by atoms with Gasteiger partial charge in [0.05, 0.1) is 6.33 Å². The van der Waals surface area contributed by atoms with Crippen LogP contribution in [0.5, 0.6) is 0 Å². The van der Waals surface area contributed by atoms with Crippen molar-refractivity contribution in [3.8, 4) is 0 Å². The molecule has 0 bridgehead atoms. The quantitative estimate of drug-likeness (QED) is 0.619. The van der Waals surface area contributed by atoms with Crippen LogP contribution in [-0.4, -0.2) is 35.2 Å². The zero-order valence-corrected chi connectivity index (χ0v) is 7.03. The van der Waals surface area contributed by atoms with Crippen molar-refractivity contribution in [1.82, 2.24) is 20.2 Å². The molecule has 4 heteroatoms. The predicted octanol–water partition coefficient (Wildman–Crippen LogP) is -0.555. The Morgan fingerprint density at radius 1 is 1.50 bits per heavy atom. The number of hydrogen-bond donors (Lipinski definition) is 2. The zero-order valence-electron chi connectivity index (χ0n) is 7.03. The van der Waals surface area contributed by atoms with Crippen LogP contribution in [0.3, 0.4) is 0 Å². The molecule has 66 valence electrons.